The van der Waals surface area contributed by atoms with E-state index in [4.69, 9.17) is 0 Å². The third-order valence-electron chi connectivity index (χ3n) is 2.87. The van der Waals surface area contributed by atoms with Crippen LogP contribution in [0.4, 0.5) is 5.69 Å². The van der Waals surface area contributed by atoms with Gasteiger partial charge in [0.1, 0.15) is 6.07 Å². The first kappa shape index (κ1) is 12.8. The highest BCUT2D eigenvalue weighted by Gasteiger charge is 2.28. The van der Waals surface area contributed by atoms with Crippen LogP contribution in [0.1, 0.15) is 19.4 Å². The molecule has 0 unspecified atom stereocenters. The molecular weight excluding hydrogens is 296 g/mol. The Labute approximate surface area is 115 Å². The van der Waals surface area contributed by atoms with Gasteiger partial charge >= 0.3 is 0 Å². The van der Waals surface area contributed by atoms with E-state index in [1.807, 2.05) is 30.0 Å². The predicted octanol–water partition coefficient (Wildman–Crippen LogP) is 3.65. The Hall–Kier alpha value is -0.660. The van der Waals surface area contributed by atoms with Crippen LogP contribution in [0.5, 0.6) is 0 Å². The highest BCUT2D eigenvalue weighted by Crippen LogP contribution is 2.35. The molecule has 0 bridgehead atoms. The van der Waals surface area contributed by atoms with Crippen molar-refractivity contribution < 1.29 is 0 Å². The zero-order chi connectivity index (χ0) is 12.5. The average Bonchev–Trinajstić information content (AvgIpc) is 2.27. The SMILES string of the molecule is CC1(C)CN(c2cccc(Br)c2C#N)CCS1. The summed E-state index contributed by atoms with van der Waals surface area (Å²) in [5.41, 5.74) is 1.80. The number of hydrogen-bond donors (Lipinski definition) is 0. The second-order valence-electron chi connectivity index (χ2n) is 4.78. The minimum Gasteiger partial charge on any atom is -0.368 e. The highest BCUT2D eigenvalue weighted by atomic mass is 79.9. The van der Waals surface area contributed by atoms with E-state index >= 15 is 0 Å². The molecule has 2 rings (SSSR count). The minimum absolute atomic E-state index is 0.257. The zero-order valence-corrected chi connectivity index (χ0v) is 12.4. The Balaban J connectivity index is 2.35. The van der Waals surface area contributed by atoms with Gasteiger partial charge in [-0.3, -0.25) is 0 Å². The molecule has 0 spiro atoms. The molecule has 1 heterocycles. The molecule has 4 heteroatoms. The summed E-state index contributed by atoms with van der Waals surface area (Å²) in [5.74, 6) is 1.12. The Bertz CT molecular complexity index is 465. The van der Waals surface area contributed by atoms with Gasteiger partial charge < -0.3 is 4.90 Å². The summed E-state index contributed by atoms with van der Waals surface area (Å²) in [6.07, 6.45) is 0. The Kier molecular flexibility index (Phi) is 3.70. The summed E-state index contributed by atoms with van der Waals surface area (Å²) in [4.78, 5) is 2.32. The van der Waals surface area contributed by atoms with Gasteiger partial charge in [-0.2, -0.15) is 17.0 Å². The van der Waals surface area contributed by atoms with Crippen molar-refractivity contribution in [1.82, 2.24) is 0 Å². The van der Waals surface area contributed by atoms with E-state index in [9.17, 15) is 5.26 Å². The van der Waals surface area contributed by atoms with Gasteiger partial charge in [0, 0.05) is 28.1 Å². The van der Waals surface area contributed by atoms with Gasteiger partial charge in [0.05, 0.1) is 11.3 Å². The second-order valence-corrected chi connectivity index (χ2v) is 7.43. The third-order valence-corrected chi connectivity index (χ3v) is 4.83. The van der Waals surface area contributed by atoms with Crippen LogP contribution in [0.15, 0.2) is 22.7 Å². The number of nitriles is 1. The lowest BCUT2D eigenvalue weighted by Gasteiger charge is -2.39. The number of halogens is 1. The van der Waals surface area contributed by atoms with Crippen LogP contribution in [0.2, 0.25) is 0 Å². The molecule has 0 N–H and O–H groups in total. The van der Waals surface area contributed by atoms with Crippen LogP contribution in [0, 0.1) is 11.3 Å². The van der Waals surface area contributed by atoms with Crippen LogP contribution >= 0.6 is 27.7 Å². The predicted molar refractivity (Wildman–Crippen MR) is 77.6 cm³/mol. The molecule has 0 atom stereocenters. The summed E-state index contributed by atoms with van der Waals surface area (Å²) in [7, 11) is 0. The molecule has 0 saturated carbocycles. The lowest BCUT2D eigenvalue weighted by Crippen LogP contribution is -2.43. The van der Waals surface area contributed by atoms with E-state index in [0.29, 0.717) is 0 Å². The van der Waals surface area contributed by atoms with Gasteiger partial charge in [-0.05, 0) is 41.9 Å². The van der Waals surface area contributed by atoms with Gasteiger partial charge in [0.2, 0.25) is 0 Å². The molecule has 1 aromatic rings. The van der Waals surface area contributed by atoms with E-state index in [2.05, 4.69) is 40.7 Å². The fourth-order valence-electron chi connectivity index (χ4n) is 2.11. The molecule has 90 valence electrons. The minimum atomic E-state index is 0.257. The van der Waals surface area contributed by atoms with Crippen molar-refractivity contribution in [2.24, 2.45) is 0 Å². The molecule has 1 aliphatic rings. The molecule has 2 nitrogen and oxygen atoms in total. The van der Waals surface area contributed by atoms with Gasteiger partial charge in [-0.1, -0.05) is 6.07 Å². The van der Waals surface area contributed by atoms with E-state index in [1.54, 1.807) is 0 Å². The van der Waals surface area contributed by atoms with E-state index in [1.165, 1.54) is 0 Å². The summed E-state index contributed by atoms with van der Waals surface area (Å²) < 4.78 is 1.14. The van der Waals surface area contributed by atoms with Crippen molar-refractivity contribution >= 4 is 33.4 Å². The maximum absolute atomic E-state index is 9.25. The maximum Gasteiger partial charge on any atom is 0.103 e. The zero-order valence-electron chi connectivity index (χ0n) is 10.0. The van der Waals surface area contributed by atoms with Crippen LogP contribution in [0.25, 0.3) is 0 Å². The molecule has 1 saturated heterocycles. The fourth-order valence-corrected chi connectivity index (χ4v) is 3.66. The monoisotopic (exact) mass is 310 g/mol. The first-order chi connectivity index (χ1) is 8.03. The average molecular weight is 311 g/mol. The van der Waals surface area contributed by atoms with Gasteiger partial charge in [-0.15, -0.1) is 0 Å². The van der Waals surface area contributed by atoms with Crippen LogP contribution in [0.3, 0.4) is 0 Å². The second kappa shape index (κ2) is 4.91. The third kappa shape index (κ3) is 2.78. The van der Waals surface area contributed by atoms with Gasteiger partial charge in [-0.25, -0.2) is 0 Å². The summed E-state index contributed by atoms with van der Waals surface area (Å²) in [6.45, 7) is 6.52. The first-order valence-electron chi connectivity index (χ1n) is 5.61. The number of rotatable bonds is 1. The maximum atomic E-state index is 9.25. The molecule has 0 aliphatic carbocycles. The van der Waals surface area contributed by atoms with Crippen LogP contribution in [-0.4, -0.2) is 23.6 Å². The van der Waals surface area contributed by atoms with Crippen LogP contribution < -0.4 is 4.90 Å². The Morgan fingerprint density at radius 2 is 2.24 bits per heavy atom. The first-order valence-corrected chi connectivity index (χ1v) is 7.39. The largest absolute Gasteiger partial charge is 0.368 e. The summed E-state index contributed by atoms with van der Waals surface area (Å²) >= 11 is 5.45. The number of thioether (sulfide) groups is 1. The van der Waals surface area contributed by atoms with Crippen molar-refractivity contribution in [3.63, 3.8) is 0 Å². The molecule has 0 radical (unpaired) electrons. The van der Waals surface area contributed by atoms with Crippen molar-refractivity contribution in [3.8, 4) is 6.07 Å². The van der Waals surface area contributed by atoms with Crippen molar-refractivity contribution in [3.05, 3.63) is 28.2 Å². The number of hydrogen-bond acceptors (Lipinski definition) is 3. The van der Waals surface area contributed by atoms with Crippen molar-refractivity contribution in [2.45, 2.75) is 18.6 Å². The quantitative estimate of drug-likeness (QED) is 0.792. The molecule has 1 fully saturated rings. The standard InChI is InChI=1S/C13H15BrN2S/c1-13(2)9-16(6-7-17-13)12-5-3-4-11(14)10(12)8-15/h3-5H,6-7,9H2,1-2H3. The van der Waals surface area contributed by atoms with Crippen molar-refractivity contribution in [2.75, 3.05) is 23.7 Å². The molecule has 1 aliphatic heterocycles. The summed E-state index contributed by atoms with van der Waals surface area (Å²) in [5, 5.41) is 9.25. The lowest BCUT2D eigenvalue weighted by atomic mass is 10.1. The normalized spacial score (nSPS) is 18.8. The van der Waals surface area contributed by atoms with Crippen LogP contribution in [-0.2, 0) is 0 Å². The molecule has 0 amide bonds. The van der Waals surface area contributed by atoms with Gasteiger partial charge in [0.25, 0.3) is 0 Å². The fraction of sp³-hybridized carbons (Fsp3) is 0.462. The Morgan fingerprint density at radius 1 is 1.47 bits per heavy atom. The van der Waals surface area contributed by atoms with E-state index in [-0.39, 0.29) is 4.75 Å². The van der Waals surface area contributed by atoms with Gasteiger partial charge in [0.15, 0.2) is 0 Å². The molecule has 1 aromatic carbocycles. The Morgan fingerprint density at radius 3 is 2.88 bits per heavy atom. The van der Waals surface area contributed by atoms with E-state index < -0.39 is 0 Å². The number of nitrogens with zero attached hydrogens (tertiary/aromatic N) is 2. The molecule has 0 aromatic heterocycles. The summed E-state index contributed by atoms with van der Waals surface area (Å²) in [6, 6.07) is 8.25. The van der Waals surface area contributed by atoms with Crippen molar-refractivity contribution in [1.29, 1.82) is 5.26 Å². The number of anilines is 1. The molecular formula is C13H15BrN2S. The number of benzene rings is 1. The molecule has 17 heavy (non-hydrogen) atoms. The lowest BCUT2D eigenvalue weighted by molar-refractivity contribution is 0.647. The van der Waals surface area contributed by atoms with E-state index in [0.717, 1.165) is 34.6 Å². The highest BCUT2D eigenvalue weighted by molar-refractivity contribution is 9.10. The topological polar surface area (TPSA) is 27.0 Å². The smallest absolute Gasteiger partial charge is 0.103 e.